The van der Waals surface area contributed by atoms with Crippen LogP contribution in [0.4, 0.5) is 0 Å². The zero-order chi connectivity index (χ0) is 12.7. The lowest BCUT2D eigenvalue weighted by Crippen LogP contribution is -2.39. The molecule has 0 atom stereocenters. The fourth-order valence-electron chi connectivity index (χ4n) is 0.945. The molecule has 0 aliphatic carbocycles. The van der Waals surface area contributed by atoms with Crippen molar-refractivity contribution in [1.82, 2.24) is 10.9 Å². The molecule has 0 saturated carbocycles. The fraction of sp³-hybridized carbons (Fsp3) is 0.200. The van der Waals surface area contributed by atoms with E-state index in [9.17, 15) is 9.59 Å². The minimum Gasteiger partial charge on any atom is -0.463 e. The molecule has 92 valence electrons. The van der Waals surface area contributed by atoms with Gasteiger partial charge in [-0.2, -0.15) is 0 Å². The van der Waals surface area contributed by atoms with Crippen LogP contribution in [0.15, 0.2) is 34.7 Å². The Labute approximate surface area is 97.6 Å². The Hall–Kier alpha value is -2.44. The maximum absolute atomic E-state index is 11.4. The van der Waals surface area contributed by atoms with Crippen molar-refractivity contribution in [1.29, 1.82) is 0 Å². The molecule has 0 saturated heterocycles. The van der Waals surface area contributed by atoms with Gasteiger partial charge in [-0.15, -0.1) is 0 Å². The van der Waals surface area contributed by atoms with Crippen molar-refractivity contribution in [3.8, 4) is 0 Å². The standard InChI is InChI=1S/C10H13N3O4/c1-2-16-9(14)6-8(11)12-13-10(15)7-4-3-5-17-7/h3-6,12H,2,11H2,1H3,(H,13,15)/b8-6+. The van der Waals surface area contributed by atoms with Gasteiger partial charge in [-0.25, -0.2) is 4.79 Å². The Morgan fingerprint density at radius 2 is 2.29 bits per heavy atom. The van der Waals surface area contributed by atoms with Crippen LogP contribution in [0.25, 0.3) is 0 Å². The summed E-state index contributed by atoms with van der Waals surface area (Å²) in [4.78, 5) is 22.3. The van der Waals surface area contributed by atoms with Gasteiger partial charge < -0.3 is 14.9 Å². The zero-order valence-electron chi connectivity index (χ0n) is 9.23. The summed E-state index contributed by atoms with van der Waals surface area (Å²) in [6.45, 7) is 1.93. The second-order valence-corrected chi connectivity index (χ2v) is 2.91. The highest BCUT2D eigenvalue weighted by Gasteiger charge is 2.07. The lowest BCUT2D eigenvalue weighted by molar-refractivity contribution is -0.137. The van der Waals surface area contributed by atoms with E-state index in [2.05, 4.69) is 15.6 Å². The summed E-state index contributed by atoms with van der Waals surface area (Å²) < 4.78 is 9.47. The third-order valence-electron chi connectivity index (χ3n) is 1.63. The van der Waals surface area contributed by atoms with Crippen molar-refractivity contribution in [2.24, 2.45) is 5.73 Å². The summed E-state index contributed by atoms with van der Waals surface area (Å²) in [5.41, 5.74) is 10.00. The first-order valence-electron chi connectivity index (χ1n) is 4.87. The number of ether oxygens (including phenoxy) is 1. The van der Waals surface area contributed by atoms with Crippen molar-refractivity contribution in [3.05, 3.63) is 36.1 Å². The van der Waals surface area contributed by atoms with E-state index >= 15 is 0 Å². The minimum atomic E-state index is -0.593. The maximum Gasteiger partial charge on any atom is 0.334 e. The summed E-state index contributed by atoms with van der Waals surface area (Å²) in [6, 6.07) is 3.06. The first-order valence-corrected chi connectivity index (χ1v) is 4.87. The summed E-state index contributed by atoms with van der Waals surface area (Å²) in [5, 5.41) is 0. The Balaban J connectivity index is 2.40. The van der Waals surface area contributed by atoms with Crippen LogP contribution < -0.4 is 16.6 Å². The van der Waals surface area contributed by atoms with Crippen molar-refractivity contribution < 1.29 is 18.7 Å². The number of hydrogen-bond acceptors (Lipinski definition) is 6. The van der Waals surface area contributed by atoms with Gasteiger partial charge in [0.1, 0.15) is 5.82 Å². The molecule has 1 rings (SSSR count). The second kappa shape index (κ2) is 6.21. The number of amides is 1. The summed E-state index contributed by atoms with van der Waals surface area (Å²) >= 11 is 0. The van der Waals surface area contributed by atoms with Crippen molar-refractivity contribution in [3.63, 3.8) is 0 Å². The molecule has 17 heavy (non-hydrogen) atoms. The highest BCUT2D eigenvalue weighted by atomic mass is 16.5. The normalized spacial score (nSPS) is 10.8. The molecule has 0 aromatic carbocycles. The molecule has 0 aliphatic rings. The van der Waals surface area contributed by atoms with Crippen LogP contribution in [0.1, 0.15) is 17.5 Å². The van der Waals surface area contributed by atoms with Gasteiger partial charge in [0.25, 0.3) is 0 Å². The number of nitrogens with one attached hydrogen (secondary N) is 2. The number of hydrazine groups is 1. The average Bonchev–Trinajstić information content (AvgIpc) is 2.79. The van der Waals surface area contributed by atoms with Gasteiger partial charge in [0, 0.05) is 0 Å². The Bertz CT molecular complexity index is 411. The van der Waals surface area contributed by atoms with E-state index in [0.717, 1.165) is 6.08 Å². The van der Waals surface area contributed by atoms with Crippen LogP contribution in [0.5, 0.6) is 0 Å². The van der Waals surface area contributed by atoms with Crippen molar-refractivity contribution >= 4 is 11.9 Å². The van der Waals surface area contributed by atoms with Gasteiger partial charge in [-0.05, 0) is 19.1 Å². The van der Waals surface area contributed by atoms with E-state index in [1.165, 1.54) is 12.3 Å². The predicted octanol–water partition coefficient (Wildman–Crippen LogP) is -0.123. The monoisotopic (exact) mass is 239 g/mol. The molecule has 0 radical (unpaired) electrons. The van der Waals surface area contributed by atoms with E-state index in [-0.39, 0.29) is 18.2 Å². The molecule has 1 amide bonds. The molecular weight excluding hydrogens is 226 g/mol. The Kier molecular flexibility index (Phi) is 4.61. The average molecular weight is 239 g/mol. The molecule has 0 fully saturated rings. The second-order valence-electron chi connectivity index (χ2n) is 2.91. The van der Waals surface area contributed by atoms with Crippen LogP contribution in [-0.2, 0) is 9.53 Å². The number of carbonyl (C=O) groups excluding carboxylic acids is 2. The lowest BCUT2D eigenvalue weighted by atomic mass is 10.4. The molecule has 0 spiro atoms. The van der Waals surface area contributed by atoms with Gasteiger partial charge in [-0.3, -0.25) is 15.6 Å². The smallest absolute Gasteiger partial charge is 0.334 e. The topological polar surface area (TPSA) is 107 Å². The lowest BCUT2D eigenvalue weighted by Gasteiger charge is -2.06. The van der Waals surface area contributed by atoms with Gasteiger partial charge in [0.15, 0.2) is 5.76 Å². The molecule has 7 nitrogen and oxygen atoms in total. The maximum atomic E-state index is 11.4. The first kappa shape index (κ1) is 12.6. The van der Waals surface area contributed by atoms with E-state index in [1.54, 1.807) is 13.0 Å². The quantitative estimate of drug-likeness (QED) is 0.375. The molecule has 0 bridgehead atoms. The first-order chi connectivity index (χ1) is 8.13. The summed E-state index contributed by atoms with van der Waals surface area (Å²) in [7, 11) is 0. The van der Waals surface area contributed by atoms with Crippen molar-refractivity contribution in [2.75, 3.05) is 6.61 Å². The van der Waals surface area contributed by atoms with Crippen LogP contribution in [0.2, 0.25) is 0 Å². The van der Waals surface area contributed by atoms with Gasteiger partial charge in [0.05, 0.1) is 18.9 Å². The van der Waals surface area contributed by atoms with Crippen LogP contribution in [0, 0.1) is 0 Å². The SMILES string of the molecule is CCOC(=O)/C=C(\N)NNC(=O)c1ccco1. The number of esters is 1. The number of furan rings is 1. The molecule has 1 aromatic rings. The van der Waals surface area contributed by atoms with E-state index in [1.807, 2.05) is 0 Å². The summed E-state index contributed by atoms with van der Waals surface area (Å²) in [5.74, 6) is -1.01. The van der Waals surface area contributed by atoms with Crippen molar-refractivity contribution in [2.45, 2.75) is 6.92 Å². The van der Waals surface area contributed by atoms with Gasteiger partial charge >= 0.3 is 11.9 Å². The molecule has 0 unspecified atom stereocenters. The molecule has 4 N–H and O–H groups in total. The minimum absolute atomic E-state index is 0.0386. The molecular formula is C10H13N3O4. The van der Waals surface area contributed by atoms with Gasteiger partial charge in [0.2, 0.25) is 0 Å². The molecule has 1 aromatic heterocycles. The third-order valence-corrected chi connectivity index (χ3v) is 1.63. The number of hydrogen-bond donors (Lipinski definition) is 3. The predicted molar refractivity (Wildman–Crippen MR) is 58.2 cm³/mol. The third kappa shape index (κ3) is 4.29. The number of carbonyl (C=O) groups is 2. The Morgan fingerprint density at radius 3 is 2.88 bits per heavy atom. The molecule has 1 heterocycles. The van der Waals surface area contributed by atoms with Crippen LogP contribution in [-0.4, -0.2) is 18.5 Å². The van der Waals surface area contributed by atoms with Gasteiger partial charge in [-0.1, -0.05) is 0 Å². The molecule has 0 aliphatic heterocycles. The highest BCUT2D eigenvalue weighted by Crippen LogP contribution is 1.98. The molecule has 7 heteroatoms. The van der Waals surface area contributed by atoms with E-state index in [4.69, 9.17) is 10.2 Å². The number of rotatable bonds is 5. The van der Waals surface area contributed by atoms with Crippen LogP contribution in [0.3, 0.4) is 0 Å². The fourth-order valence-corrected chi connectivity index (χ4v) is 0.945. The summed E-state index contributed by atoms with van der Waals surface area (Å²) in [6.07, 6.45) is 2.39. The highest BCUT2D eigenvalue weighted by molar-refractivity contribution is 5.91. The van der Waals surface area contributed by atoms with Crippen LogP contribution >= 0.6 is 0 Å². The van der Waals surface area contributed by atoms with E-state index < -0.39 is 11.9 Å². The van der Waals surface area contributed by atoms with E-state index in [0.29, 0.717) is 0 Å². The largest absolute Gasteiger partial charge is 0.463 e. The zero-order valence-corrected chi connectivity index (χ0v) is 9.23. The Morgan fingerprint density at radius 1 is 1.53 bits per heavy atom. The number of nitrogens with two attached hydrogens (primary N) is 1.